The van der Waals surface area contributed by atoms with Crippen molar-refractivity contribution in [3.8, 4) is 0 Å². The number of carbonyl (C=O) groups excluding carboxylic acids is 1. The Bertz CT molecular complexity index is 1420. The van der Waals surface area contributed by atoms with Crippen LogP contribution in [0.4, 0.5) is 0 Å². The molecule has 36 heavy (non-hydrogen) atoms. The molecule has 5 rings (SSSR count). The van der Waals surface area contributed by atoms with E-state index in [-0.39, 0.29) is 11.5 Å². The fourth-order valence-electron chi connectivity index (χ4n) is 4.89. The van der Waals surface area contributed by atoms with E-state index in [1.165, 1.54) is 6.26 Å². The van der Waals surface area contributed by atoms with E-state index in [1.54, 1.807) is 28.8 Å². The quantitative estimate of drug-likeness (QED) is 0.416. The standard InChI is InChI=1S/C25H29N7O4/c1-16-13-17(2)21-18(14-16)15-19(24(33)26-21)22(23-27-28-29-32(23)10-12-35-3)30-6-8-31(9-7-30)25(34)20-5-4-11-36-20/h4-5,11,13-15,22H,6-10,12H2,1-3H3,(H,26,33)/t22-/m1/s1. The van der Waals surface area contributed by atoms with Crippen LogP contribution in [-0.4, -0.2) is 80.8 Å². The normalized spacial score (nSPS) is 15.5. The molecule has 11 nitrogen and oxygen atoms in total. The Balaban J connectivity index is 1.52. The molecule has 4 heterocycles. The van der Waals surface area contributed by atoms with E-state index in [2.05, 4.69) is 37.5 Å². The zero-order valence-electron chi connectivity index (χ0n) is 20.6. The fourth-order valence-corrected chi connectivity index (χ4v) is 4.89. The van der Waals surface area contributed by atoms with Gasteiger partial charge in [-0.15, -0.1) is 5.10 Å². The first kappa shape index (κ1) is 23.9. The van der Waals surface area contributed by atoms with Gasteiger partial charge in [-0.05, 0) is 59.5 Å². The fraction of sp³-hybridized carbons (Fsp3) is 0.400. The lowest BCUT2D eigenvalue weighted by atomic mass is 10.00. The highest BCUT2D eigenvalue weighted by Crippen LogP contribution is 2.29. The molecule has 188 valence electrons. The molecule has 1 aliphatic rings. The molecule has 1 atom stereocenters. The molecule has 0 aliphatic carbocycles. The number of nitrogens with one attached hydrogen (secondary N) is 1. The molecular formula is C25H29N7O4. The van der Waals surface area contributed by atoms with Crippen LogP contribution in [0.3, 0.4) is 0 Å². The van der Waals surface area contributed by atoms with Gasteiger partial charge in [0.2, 0.25) is 0 Å². The second-order valence-corrected chi connectivity index (χ2v) is 9.06. The maximum absolute atomic E-state index is 13.4. The monoisotopic (exact) mass is 491 g/mol. The molecule has 1 amide bonds. The van der Waals surface area contributed by atoms with Crippen molar-refractivity contribution in [1.29, 1.82) is 0 Å². The third-order valence-electron chi connectivity index (χ3n) is 6.63. The summed E-state index contributed by atoms with van der Waals surface area (Å²) >= 11 is 0. The minimum Gasteiger partial charge on any atom is -0.459 e. The van der Waals surface area contributed by atoms with E-state index in [0.717, 1.165) is 22.0 Å². The lowest BCUT2D eigenvalue weighted by Crippen LogP contribution is -2.50. The number of aromatic amines is 1. The molecule has 11 heteroatoms. The van der Waals surface area contributed by atoms with Crippen molar-refractivity contribution in [2.24, 2.45) is 0 Å². The van der Waals surface area contributed by atoms with Gasteiger partial charge in [-0.3, -0.25) is 14.5 Å². The van der Waals surface area contributed by atoms with Crippen molar-refractivity contribution in [1.82, 2.24) is 35.0 Å². The molecule has 0 radical (unpaired) electrons. The van der Waals surface area contributed by atoms with E-state index < -0.39 is 6.04 Å². The van der Waals surface area contributed by atoms with Crippen LogP contribution >= 0.6 is 0 Å². The van der Waals surface area contributed by atoms with Crippen molar-refractivity contribution in [2.45, 2.75) is 26.4 Å². The highest BCUT2D eigenvalue weighted by atomic mass is 16.5. The summed E-state index contributed by atoms with van der Waals surface area (Å²) in [7, 11) is 1.62. The van der Waals surface area contributed by atoms with Gasteiger partial charge in [0.05, 0.1) is 24.9 Å². The lowest BCUT2D eigenvalue weighted by Gasteiger charge is -2.38. The Labute approximate surface area is 207 Å². The summed E-state index contributed by atoms with van der Waals surface area (Å²) in [6.07, 6.45) is 1.49. The second kappa shape index (κ2) is 10.0. The van der Waals surface area contributed by atoms with E-state index in [9.17, 15) is 9.59 Å². The van der Waals surface area contributed by atoms with Gasteiger partial charge in [0.25, 0.3) is 11.5 Å². The number of benzene rings is 1. The number of amides is 1. The number of rotatable bonds is 7. The predicted molar refractivity (Wildman–Crippen MR) is 132 cm³/mol. The van der Waals surface area contributed by atoms with Crippen molar-refractivity contribution in [3.05, 3.63) is 75.2 Å². The van der Waals surface area contributed by atoms with Crippen molar-refractivity contribution in [2.75, 3.05) is 39.9 Å². The molecule has 0 bridgehead atoms. The SMILES string of the molecule is COCCn1nnnc1[C@@H](c1cc2cc(C)cc(C)c2[nH]c1=O)N1CCN(C(=O)c2ccco2)CC1. The van der Waals surface area contributed by atoms with Gasteiger partial charge in [0.1, 0.15) is 6.04 Å². The number of ether oxygens (including phenoxy) is 1. The second-order valence-electron chi connectivity index (χ2n) is 9.06. The lowest BCUT2D eigenvalue weighted by molar-refractivity contribution is 0.0557. The number of fused-ring (bicyclic) bond motifs is 1. The molecule has 0 saturated carbocycles. The van der Waals surface area contributed by atoms with Crippen molar-refractivity contribution in [3.63, 3.8) is 0 Å². The van der Waals surface area contributed by atoms with Gasteiger partial charge in [-0.25, -0.2) is 4.68 Å². The summed E-state index contributed by atoms with van der Waals surface area (Å²) in [4.78, 5) is 33.2. The first-order valence-electron chi connectivity index (χ1n) is 11.9. The van der Waals surface area contributed by atoms with Gasteiger partial charge in [-0.1, -0.05) is 11.6 Å². The minimum absolute atomic E-state index is 0.143. The number of pyridine rings is 1. The summed E-state index contributed by atoms with van der Waals surface area (Å²) < 4.78 is 12.2. The maximum Gasteiger partial charge on any atom is 0.289 e. The van der Waals surface area contributed by atoms with E-state index in [4.69, 9.17) is 9.15 Å². The first-order chi connectivity index (χ1) is 17.5. The zero-order chi connectivity index (χ0) is 25.2. The zero-order valence-corrected chi connectivity index (χ0v) is 20.6. The predicted octanol–water partition coefficient (Wildman–Crippen LogP) is 1.92. The molecule has 1 saturated heterocycles. The molecular weight excluding hydrogens is 462 g/mol. The number of methoxy groups -OCH3 is 1. The summed E-state index contributed by atoms with van der Waals surface area (Å²) in [6, 6.07) is 8.93. The molecule has 1 aliphatic heterocycles. The summed E-state index contributed by atoms with van der Waals surface area (Å²) in [5.74, 6) is 0.739. The Morgan fingerprint density at radius 1 is 1.19 bits per heavy atom. The van der Waals surface area contributed by atoms with E-state index in [0.29, 0.717) is 56.5 Å². The van der Waals surface area contributed by atoms with Crippen LogP contribution in [0.5, 0.6) is 0 Å². The average Bonchev–Trinajstić information content (AvgIpc) is 3.57. The topological polar surface area (TPSA) is 122 Å². The number of piperazine rings is 1. The molecule has 4 aromatic rings. The first-order valence-corrected chi connectivity index (χ1v) is 11.9. The van der Waals surface area contributed by atoms with Crippen LogP contribution < -0.4 is 5.56 Å². The minimum atomic E-state index is -0.494. The van der Waals surface area contributed by atoms with E-state index >= 15 is 0 Å². The van der Waals surface area contributed by atoms with Crippen LogP contribution in [0.2, 0.25) is 0 Å². The third kappa shape index (κ3) is 4.54. The highest BCUT2D eigenvalue weighted by molar-refractivity contribution is 5.91. The number of tetrazole rings is 1. The van der Waals surface area contributed by atoms with Gasteiger partial charge < -0.3 is 19.0 Å². The molecule has 3 aromatic heterocycles. The van der Waals surface area contributed by atoms with Crippen LogP contribution in [-0.2, 0) is 11.3 Å². The molecule has 0 unspecified atom stereocenters. The number of aryl methyl sites for hydroxylation is 2. The number of aromatic nitrogens is 5. The third-order valence-corrected chi connectivity index (χ3v) is 6.63. The Kier molecular flexibility index (Phi) is 6.66. The van der Waals surface area contributed by atoms with Crippen molar-refractivity contribution >= 4 is 16.8 Å². The van der Waals surface area contributed by atoms with Gasteiger partial charge in [-0.2, -0.15) is 0 Å². The molecule has 1 fully saturated rings. The summed E-state index contributed by atoms with van der Waals surface area (Å²) in [5.41, 5.74) is 3.33. The number of carbonyl (C=O) groups is 1. The summed E-state index contributed by atoms with van der Waals surface area (Å²) in [5, 5.41) is 13.3. The van der Waals surface area contributed by atoms with E-state index in [1.807, 2.05) is 19.9 Å². The molecule has 1 aromatic carbocycles. The number of hydrogen-bond donors (Lipinski definition) is 1. The Morgan fingerprint density at radius 3 is 2.72 bits per heavy atom. The van der Waals surface area contributed by atoms with Crippen LogP contribution in [0.15, 0.2) is 45.8 Å². The largest absolute Gasteiger partial charge is 0.459 e. The van der Waals surface area contributed by atoms with Gasteiger partial charge in [0.15, 0.2) is 11.6 Å². The van der Waals surface area contributed by atoms with Crippen LogP contribution in [0.1, 0.15) is 39.1 Å². The van der Waals surface area contributed by atoms with Gasteiger partial charge in [0, 0.05) is 38.9 Å². The summed E-state index contributed by atoms with van der Waals surface area (Å²) in [6.45, 7) is 6.97. The number of nitrogens with zero attached hydrogens (tertiary/aromatic N) is 6. The van der Waals surface area contributed by atoms with Gasteiger partial charge >= 0.3 is 0 Å². The molecule has 1 N–H and O–H groups in total. The average molecular weight is 492 g/mol. The van der Waals surface area contributed by atoms with Crippen molar-refractivity contribution < 1.29 is 13.9 Å². The highest BCUT2D eigenvalue weighted by Gasteiger charge is 2.34. The number of furan rings is 1. The number of hydrogen-bond acceptors (Lipinski definition) is 8. The molecule has 0 spiro atoms. The number of H-pyrrole nitrogens is 1. The Morgan fingerprint density at radius 2 is 2.00 bits per heavy atom. The van der Waals surface area contributed by atoms with Crippen LogP contribution in [0.25, 0.3) is 10.9 Å². The maximum atomic E-state index is 13.4. The smallest absolute Gasteiger partial charge is 0.289 e. The van der Waals surface area contributed by atoms with Crippen LogP contribution in [0, 0.1) is 13.8 Å². The Hall–Kier alpha value is -3.83.